The summed E-state index contributed by atoms with van der Waals surface area (Å²) in [6.07, 6.45) is 1.81. The molecule has 0 saturated heterocycles. The molecule has 2 aromatic rings. The van der Waals surface area contributed by atoms with Crippen molar-refractivity contribution in [2.24, 2.45) is 4.99 Å². The standard InChI is InChI=1S/C11H17N7/c1-5-17(6-2)7-12-10-8(3)9(4)11-13-15-16-18(11)14-10/h7H,5-6H2,1-4H3. The molecular weight excluding hydrogens is 230 g/mol. The van der Waals surface area contributed by atoms with Crippen LogP contribution in [-0.4, -0.2) is 49.6 Å². The highest BCUT2D eigenvalue weighted by molar-refractivity contribution is 5.63. The molecule has 0 aliphatic heterocycles. The second kappa shape index (κ2) is 5.07. The summed E-state index contributed by atoms with van der Waals surface area (Å²) < 4.78 is 1.41. The summed E-state index contributed by atoms with van der Waals surface area (Å²) in [5, 5.41) is 15.6. The van der Waals surface area contributed by atoms with Gasteiger partial charge in [-0.15, -0.1) is 14.8 Å². The highest BCUT2D eigenvalue weighted by Gasteiger charge is 2.10. The third-order valence-electron chi connectivity index (χ3n) is 3.03. The highest BCUT2D eigenvalue weighted by Crippen LogP contribution is 2.20. The smallest absolute Gasteiger partial charge is 0.203 e. The van der Waals surface area contributed by atoms with Gasteiger partial charge in [-0.2, -0.15) is 0 Å². The molecule has 0 aliphatic rings. The maximum atomic E-state index is 4.41. The Morgan fingerprint density at radius 1 is 1.22 bits per heavy atom. The van der Waals surface area contributed by atoms with Crippen molar-refractivity contribution in [3.8, 4) is 0 Å². The summed E-state index contributed by atoms with van der Waals surface area (Å²) in [6.45, 7) is 9.97. The van der Waals surface area contributed by atoms with Crippen LogP contribution in [0.3, 0.4) is 0 Å². The van der Waals surface area contributed by atoms with Gasteiger partial charge in [-0.1, -0.05) is 0 Å². The van der Waals surface area contributed by atoms with Crippen LogP contribution in [0.5, 0.6) is 0 Å². The highest BCUT2D eigenvalue weighted by atomic mass is 15.6. The fourth-order valence-corrected chi connectivity index (χ4v) is 1.62. The molecule has 2 heterocycles. The van der Waals surface area contributed by atoms with E-state index in [-0.39, 0.29) is 0 Å². The predicted octanol–water partition coefficient (Wildman–Crippen LogP) is 1.14. The van der Waals surface area contributed by atoms with E-state index < -0.39 is 0 Å². The largest absolute Gasteiger partial charge is 0.363 e. The molecule has 18 heavy (non-hydrogen) atoms. The van der Waals surface area contributed by atoms with E-state index in [1.165, 1.54) is 4.63 Å². The second-order valence-electron chi connectivity index (χ2n) is 4.03. The number of aliphatic imine (C=N–C) groups is 1. The predicted molar refractivity (Wildman–Crippen MR) is 69.1 cm³/mol. The van der Waals surface area contributed by atoms with Gasteiger partial charge in [0.1, 0.15) is 0 Å². The van der Waals surface area contributed by atoms with E-state index in [1.807, 2.05) is 20.2 Å². The summed E-state index contributed by atoms with van der Waals surface area (Å²) in [5.74, 6) is 0.652. The molecule has 0 unspecified atom stereocenters. The number of aryl methyl sites for hydroxylation is 1. The van der Waals surface area contributed by atoms with Crippen molar-refractivity contribution in [2.45, 2.75) is 27.7 Å². The molecule has 2 rings (SSSR count). The summed E-state index contributed by atoms with van der Waals surface area (Å²) in [6, 6.07) is 0. The maximum absolute atomic E-state index is 4.41. The molecule has 0 N–H and O–H groups in total. The van der Waals surface area contributed by atoms with Crippen molar-refractivity contribution in [2.75, 3.05) is 13.1 Å². The van der Waals surface area contributed by atoms with Crippen molar-refractivity contribution in [3.05, 3.63) is 11.1 Å². The molecule has 0 fully saturated rings. The molecule has 7 heteroatoms. The van der Waals surface area contributed by atoms with Gasteiger partial charge >= 0.3 is 0 Å². The van der Waals surface area contributed by atoms with Crippen LogP contribution in [0.15, 0.2) is 4.99 Å². The van der Waals surface area contributed by atoms with Crippen molar-refractivity contribution >= 4 is 17.8 Å². The zero-order valence-corrected chi connectivity index (χ0v) is 11.1. The third kappa shape index (κ3) is 2.15. The molecule has 0 aromatic carbocycles. The van der Waals surface area contributed by atoms with Crippen LogP contribution >= 0.6 is 0 Å². The number of fused-ring (bicyclic) bond motifs is 1. The normalized spacial score (nSPS) is 11.6. The Morgan fingerprint density at radius 2 is 1.94 bits per heavy atom. The van der Waals surface area contributed by atoms with E-state index >= 15 is 0 Å². The molecule has 2 aromatic heterocycles. The quantitative estimate of drug-likeness (QED) is 0.598. The molecule has 0 bridgehead atoms. The maximum Gasteiger partial charge on any atom is 0.203 e. The number of rotatable bonds is 4. The van der Waals surface area contributed by atoms with Gasteiger partial charge in [0.05, 0.1) is 6.34 Å². The van der Waals surface area contributed by atoms with E-state index in [9.17, 15) is 0 Å². The summed E-state index contributed by atoms with van der Waals surface area (Å²) in [4.78, 5) is 6.51. The Morgan fingerprint density at radius 3 is 2.61 bits per heavy atom. The molecule has 0 atom stereocenters. The lowest BCUT2D eigenvalue weighted by Gasteiger charge is -2.13. The van der Waals surface area contributed by atoms with Crippen molar-refractivity contribution in [3.63, 3.8) is 0 Å². The Labute approximate surface area is 106 Å². The molecule has 0 radical (unpaired) electrons. The van der Waals surface area contributed by atoms with Crippen molar-refractivity contribution in [1.29, 1.82) is 0 Å². The molecule has 96 valence electrons. The minimum Gasteiger partial charge on any atom is -0.363 e. The minimum absolute atomic E-state index is 0.652. The Balaban J connectivity index is 2.41. The first-order valence-corrected chi connectivity index (χ1v) is 6.01. The number of aromatic nitrogens is 5. The Bertz CT molecular complexity index is 568. The first-order valence-electron chi connectivity index (χ1n) is 6.01. The first kappa shape index (κ1) is 12.4. The van der Waals surface area contributed by atoms with Crippen LogP contribution in [0.2, 0.25) is 0 Å². The molecule has 0 spiro atoms. The average molecular weight is 247 g/mol. The lowest BCUT2D eigenvalue weighted by molar-refractivity contribution is 0.479. The fourth-order valence-electron chi connectivity index (χ4n) is 1.62. The van der Waals surface area contributed by atoms with Crippen molar-refractivity contribution in [1.82, 2.24) is 30.2 Å². The second-order valence-corrected chi connectivity index (χ2v) is 4.03. The SMILES string of the molecule is CCN(C=Nc1nn2nnnc2c(C)c1C)CC. The summed E-state index contributed by atoms with van der Waals surface area (Å²) in [7, 11) is 0. The minimum atomic E-state index is 0.652. The number of nitrogens with zero attached hydrogens (tertiary/aromatic N) is 7. The topological polar surface area (TPSA) is 71.6 Å². The molecule has 0 amide bonds. The summed E-state index contributed by atoms with van der Waals surface area (Å²) >= 11 is 0. The van der Waals surface area contributed by atoms with Crippen LogP contribution in [0, 0.1) is 13.8 Å². The van der Waals surface area contributed by atoms with Gasteiger partial charge < -0.3 is 4.90 Å². The molecular formula is C11H17N7. The van der Waals surface area contributed by atoms with Crippen molar-refractivity contribution < 1.29 is 0 Å². The molecule has 7 nitrogen and oxygen atoms in total. The lowest BCUT2D eigenvalue weighted by atomic mass is 10.2. The Kier molecular flexibility index (Phi) is 3.50. The van der Waals surface area contributed by atoms with E-state index in [0.717, 1.165) is 24.2 Å². The van der Waals surface area contributed by atoms with Gasteiger partial charge in [-0.05, 0) is 38.1 Å². The van der Waals surface area contributed by atoms with Crippen LogP contribution in [0.1, 0.15) is 25.0 Å². The van der Waals surface area contributed by atoms with E-state index in [1.54, 1.807) is 0 Å². The molecule has 0 aliphatic carbocycles. The van der Waals surface area contributed by atoms with E-state index in [2.05, 4.69) is 44.4 Å². The number of hydrogen-bond acceptors (Lipinski definition) is 5. The number of hydrogen-bond donors (Lipinski definition) is 0. The van der Waals surface area contributed by atoms with Crippen LogP contribution in [0.4, 0.5) is 5.82 Å². The Hall–Kier alpha value is -2.05. The van der Waals surface area contributed by atoms with Crippen LogP contribution in [0.25, 0.3) is 5.65 Å². The zero-order valence-electron chi connectivity index (χ0n) is 11.1. The fraction of sp³-hybridized carbons (Fsp3) is 0.545. The van der Waals surface area contributed by atoms with Crippen LogP contribution in [-0.2, 0) is 0 Å². The third-order valence-corrected chi connectivity index (χ3v) is 3.03. The van der Waals surface area contributed by atoms with Gasteiger partial charge in [0.2, 0.25) is 5.65 Å². The van der Waals surface area contributed by atoms with Gasteiger partial charge in [-0.3, -0.25) is 0 Å². The van der Waals surface area contributed by atoms with Gasteiger partial charge in [0, 0.05) is 24.2 Å². The van der Waals surface area contributed by atoms with E-state index in [0.29, 0.717) is 11.5 Å². The van der Waals surface area contributed by atoms with Gasteiger partial charge in [0.15, 0.2) is 5.82 Å². The first-order chi connectivity index (χ1) is 8.67. The monoisotopic (exact) mass is 247 g/mol. The van der Waals surface area contributed by atoms with E-state index in [4.69, 9.17) is 0 Å². The van der Waals surface area contributed by atoms with Gasteiger partial charge in [-0.25, -0.2) is 4.99 Å². The number of tetrazole rings is 1. The average Bonchev–Trinajstić information content (AvgIpc) is 2.84. The zero-order chi connectivity index (χ0) is 13.1. The van der Waals surface area contributed by atoms with Gasteiger partial charge in [0.25, 0.3) is 0 Å². The lowest BCUT2D eigenvalue weighted by Crippen LogP contribution is -2.20. The molecule has 0 saturated carbocycles. The van der Waals surface area contributed by atoms with Crippen LogP contribution < -0.4 is 0 Å². The summed E-state index contributed by atoms with van der Waals surface area (Å²) in [5.41, 5.74) is 2.68.